The molecule has 3 rings (SSSR count). The van der Waals surface area contributed by atoms with Crippen LogP contribution in [-0.2, 0) is 4.74 Å². The molecule has 11 nitrogen and oxygen atoms in total. The maximum Gasteiger partial charge on any atom is 0.338 e. The fraction of sp³-hybridized carbons (Fsp3) is 0.481. The van der Waals surface area contributed by atoms with Gasteiger partial charge in [-0.15, -0.1) is 0 Å². The number of hydrogen-bond acceptors (Lipinski definition) is 10. The molecule has 1 saturated heterocycles. The molecule has 11 heteroatoms. The highest BCUT2D eigenvalue weighted by Crippen LogP contribution is 2.39. The van der Waals surface area contributed by atoms with Crippen LogP contribution in [0.2, 0.25) is 0 Å². The Hall–Kier alpha value is -3.86. The van der Waals surface area contributed by atoms with Crippen molar-refractivity contribution in [2.45, 2.75) is 13.0 Å². The van der Waals surface area contributed by atoms with Gasteiger partial charge in [-0.3, -0.25) is 9.69 Å². The van der Waals surface area contributed by atoms with Gasteiger partial charge in [0.1, 0.15) is 6.10 Å². The van der Waals surface area contributed by atoms with Crippen LogP contribution in [0, 0.1) is 0 Å². The second-order valence-electron chi connectivity index (χ2n) is 8.64. The van der Waals surface area contributed by atoms with Gasteiger partial charge >= 0.3 is 5.97 Å². The van der Waals surface area contributed by atoms with Crippen molar-refractivity contribution in [3.63, 3.8) is 0 Å². The number of methoxy groups -OCH3 is 6. The lowest BCUT2D eigenvalue weighted by Gasteiger charge is -2.35. The largest absolute Gasteiger partial charge is 0.493 e. The second kappa shape index (κ2) is 13.1. The summed E-state index contributed by atoms with van der Waals surface area (Å²) < 4.78 is 37.7. The summed E-state index contributed by atoms with van der Waals surface area (Å²) in [5, 5.41) is 0. The molecular formula is C27H36N2O9. The summed E-state index contributed by atoms with van der Waals surface area (Å²) in [7, 11) is 9.02. The summed E-state index contributed by atoms with van der Waals surface area (Å²) in [6.45, 7) is 4.71. The number of nitrogens with zero attached hydrogens (tertiary/aromatic N) is 2. The van der Waals surface area contributed by atoms with E-state index in [4.69, 9.17) is 33.2 Å². The first-order valence-electron chi connectivity index (χ1n) is 12.1. The first kappa shape index (κ1) is 28.7. The van der Waals surface area contributed by atoms with Crippen LogP contribution >= 0.6 is 0 Å². The molecule has 0 aromatic heterocycles. The molecule has 1 amide bonds. The van der Waals surface area contributed by atoms with Gasteiger partial charge in [0, 0.05) is 38.3 Å². The van der Waals surface area contributed by atoms with E-state index >= 15 is 0 Å². The fourth-order valence-corrected chi connectivity index (χ4v) is 4.37. The second-order valence-corrected chi connectivity index (χ2v) is 8.64. The van der Waals surface area contributed by atoms with Crippen LogP contribution in [0.5, 0.6) is 34.5 Å². The molecule has 208 valence electrons. The van der Waals surface area contributed by atoms with E-state index in [0.29, 0.717) is 78.3 Å². The molecule has 2 aromatic rings. The normalized spacial score (nSPS) is 14.3. The number of piperazine rings is 1. The van der Waals surface area contributed by atoms with E-state index in [9.17, 15) is 9.59 Å². The number of carbonyl (C=O) groups is 2. The van der Waals surface area contributed by atoms with E-state index in [-0.39, 0.29) is 12.0 Å². The number of carbonyl (C=O) groups excluding carboxylic acids is 2. The summed E-state index contributed by atoms with van der Waals surface area (Å²) in [6, 6.07) is 6.43. The van der Waals surface area contributed by atoms with E-state index in [1.54, 1.807) is 29.2 Å². The summed E-state index contributed by atoms with van der Waals surface area (Å²) >= 11 is 0. The maximum atomic E-state index is 13.2. The van der Waals surface area contributed by atoms with E-state index in [1.165, 1.54) is 42.7 Å². The molecule has 0 spiro atoms. The molecule has 1 fully saturated rings. The van der Waals surface area contributed by atoms with Crippen molar-refractivity contribution in [2.24, 2.45) is 0 Å². The molecule has 2 aromatic carbocycles. The van der Waals surface area contributed by atoms with E-state index in [0.717, 1.165) is 0 Å². The molecule has 0 radical (unpaired) electrons. The van der Waals surface area contributed by atoms with Gasteiger partial charge in [-0.05, 0) is 31.2 Å². The predicted octanol–water partition coefficient (Wildman–Crippen LogP) is 2.74. The maximum absolute atomic E-state index is 13.2. The molecule has 0 unspecified atom stereocenters. The average molecular weight is 533 g/mol. The average Bonchev–Trinajstić information content (AvgIpc) is 2.95. The Bertz CT molecular complexity index is 1080. The smallest absolute Gasteiger partial charge is 0.338 e. The Morgan fingerprint density at radius 3 is 1.50 bits per heavy atom. The van der Waals surface area contributed by atoms with Crippen LogP contribution in [0.3, 0.4) is 0 Å². The quantitative estimate of drug-likeness (QED) is 0.401. The molecule has 0 aliphatic carbocycles. The Balaban J connectivity index is 1.58. The first-order valence-corrected chi connectivity index (χ1v) is 12.1. The van der Waals surface area contributed by atoms with Crippen molar-refractivity contribution < 1.29 is 42.7 Å². The molecule has 0 N–H and O–H groups in total. The van der Waals surface area contributed by atoms with E-state index < -0.39 is 5.97 Å². The van der Waals surface area contributed by atoms with Crippen LogP contribution in [0.15, 0.2) is 24.3 Å². The van der Waals surface area contributed by atoms with Crippen molar-refractivity contribution in [3.8, 4) is 34.5 Å². The van der Waals surface area contributed by atoms with E-state index in [2.05, 4.69) is 4.90 Å². The third kappa shape index (κ3) is 6.34. The van der Waals surface area contributed by atoms with Crippen LogP contribution in [-0.4, -0.2) is 103 Å². The standard InChI is InChI=1S/C27H36N2O9/c1-17(38-27(31)19-14-22(34-4)25(37-7)23(15-19)35-5)16-28-8-10-29(11-9-28)26(30)18-12-20(32-2)24(36-6)21(13-18)33-3/h12-15,17H,8-11,16H2,1-7H3/t17-/m0/s1. The minimum Gasteiger partial charge on any atom is -0.493 e. The zero-order valence-corrected chi connectivity index (χ0v) is 23.0. The molecule has 38 heavy (non-hydrogen) atoms. The zero-order chi connectivity index (χ0) is 27.8. The topological polar surface area (TPSA) is 105 Å². The Labute approximate surface area is 223 Å². The van der Waals surface area contributed by atoms with Crippen molar-refractivity contribution in [2.75, 3.05) is 75.4 Å². The van der Waals surface area contributed by atoms with Crippen molar-refractivity contribution in [3.05, 3.63) is 35.4 Å². The van der Waals surface area contributed by atoms with Gasteiger partial charge in [0.25, 0.3) is 5.91 Å². The minimum atomic E-state index is -0.493. The highest BCUT2D eigenvalue weighted by atomic mass is 16.5. The summed E-state index contributed by atoms with van der Waals surface area (Å²) in [6.07, 6.45) is -0.376. The molecule has 1 aliphatic rings. The summed E-state index contributed by atoms with van der Waals surface area (Å²) in [5.41, 5.74) is 0.757. The van der Waals surface area contributed by atoms with Crippen molar-refractivity contribution in [1.82, 2.24) is 9.80 Å². The summed E-state index contributed by atoms with van der Waals surface area (Å²) in [4.78, 5) is 29.9. The monoisotopic (exact) mass is 532 g/mol. The van der Waals surface area contributed by atoms with Gasteiger partial charge in [-0.2, -0.15) is 0 Å². The van der Waals surface area contributed by atoms with Gasteiger partial charge in [-0.1, -0.05) is 0 Å². The van der Waals surface area contributed by atoms with Crippen LogP contribution in [0.25, 0.3) is 0 Å². The minimum absolute atomic E-state index is 0.120. The zero-order valence-electron chi connectivity index (χ0n) is 23.0. The number of rotatable bonds is 11. The fourth-order valence-electron chi connectivity index (χ4n) is 4.37. The SMILES string of the molecule is COc1cc(C(=O)O[C@@H](C)CN2CCN(C(=O)c3cc(OC)c(OC)c(OC)c3)CC2)cc(OC)c1OC. The molecule has 0 bridgehead atoms. The third-order valence-electron chi connectivity index (χ3n) is 6.30. The number of ether oxygens (including phenoxy) is 7. The number of esters is 1. The van der Waals surface area contributed by atoms with Crippen molar-refractivity contribution >= 4 is 11.9 Å². The van der Waals surface area contributed by atoms with E-state index in [1.807, 2.05) is 6.92 Å². The molecule has 1 heterocycles. The highest BCUT2D eigenvalue weighted by Gasteiger charge is 2.26. The number of hydrogen-bond donors (Lipinski definition) is 0. The molecule has 1 atom stereocenters. The van der Waals surface area contributed by atoms with Crippen LogP contribution in [0.1, 0.15) is 27.6 Å². The molecule has 0 saturated carbocycles. The molecular weight excluding hydrogens is 496 g/mol. The highest BCUT2D eigenvalue weighted by molar-refractivity contribution is 5.95. The Morgan fingerprint density at radius 2 is 1.11 bits per heavy atom. The van der Waals surface area contributed by atoms with Gasteiger partial charge < -0.3 is 38.1 Å². The number of amides is 1. The lowest BCUT2D eigenvalue weighted by molar-refractivity contribution is 0.0196. The van der Waals surface area contributed by atoms with Gasteiger partial charge in [0.15, 0.2) is 23.0 Å². The van der Waals surface area contributed by atoms with Gasteiger partial charge in [0.05, 0.1) is 48.2 Å². The van der Waals surface area contributed by atoms with Crippen LogP contribution < -0.4 is 28.4 Å². The van der Waals surface area contributed by atoms with Gasteiger partial charge in [0.2, 0.25) is 11.5 Å². The Morgan fingerprint density at radius 1 is 0.684 bits per heavy atom. The van der Waals surface area contributed by atoms with Gasteiger partial charge in [-0.25, -0.2) is 4.79 Å². The summed E-state index contributed by atoms with van der Waals surface area (Å²) in [5.74, 6) is 1.83. The lowest BCUT2D eigenvalue weighted by atomic mass is 10.1. The van der Waals surface area contributed by atoms with Crippen LogP contribution in [0.4, 0.5) is 0 Å². The first-order chi connectivity index (χ1) is 18.3. The number of benzene rings is 2. The third-order valence-corrected chi connectivity index (χ3v) is 6.30. The van der Waals surface area contributed by atoms with Crippen molar-refractivity contribution in [1.29, 1.82) is 0 Å². The predicted molar refractivity (Wildman–Crippen MR) is 139 cm³/mol. The molecule has 1 aliphatic heterocycles. The lowest BCUT2D eigenvalue weighted by Crippen LogP contribution is -2.50. The Kier molecular flexibility index (Phi) is 9.89.